The molecule has 3 nitrogen and oxygen atoms in total. The fourth-order valence-electron chi connectivity index (χ4n) is 1.33. The molecule has 1 atom stereocenters. The molecule has 0 aromatic heterocycles. The van der Waals surface area contributed by atoms with Crippen LogP contribution in [0.2, 0.25) is 0 Å². The lowest BCUT2D eigenvalue weighted by Gasteiger charge is -2.11. The van der Waals surface area contributed by atoms with Crippen LogP contribution in [-0.2, 0) is 4.79 Å². The highest BCUT2D eigenvalue weighted by Crippen LogP contribution is 2.23. The average Bonchev–Trinajstić information content (AvgIpc) is 2.20. The molecule has 16 heavy (non-hydrogen) atoms. The molecule has 1 aromatic carbocycles. The number of carbonyl (C=O) groups is 1. The lowest BCUT2D eigenvalue weighted by molar-refractivity contribution is -0.137. The van der Waals surface area contributed by atoms with Gasteiger partial charge in [0.25, 0.3) is 0 Å². The molecule has 0 heterocycles. The van der Waals surface area contributed by atoms with E-state index in [-0.39, 0.29) is 24.0 Å². The van der Waals surface area contributed by atoms with Crippen molar-refractivity contribution in [3.63, 3.8) is 0 Å². The van der Waals surface area contributed by atoms with E-state index < -0.39 is 23.7 Å². The maximum atomic E-state index is 13.3. The van der Waals surface area contributed by atoms with Crippen molar-refractivity contribution >= 4 is 5.97 Å². The third-order valence-electron chi connectivity index (χ3n) is 2.27. The number of aliphatic carboxylic acids is 1. The molecule has 0 saturated carbocycles. The molecule has 0 aliphatic rings. The minimum absolute atomic E-state index is 0.144. The molecule has 0 aliphatic carbocycles. The highest BCUT2D eigenvalue weighted by atomic mass is 19.1. The van der Waals surface area contributed by atoms with E-state index in [1.54, 1.807) is 0 Å². The summed E-state index contributed by atoms with van der Waals surface area (Å²) in [5.41, 5.74) is -0.0592. The first-order chi connectivity index (χ1) is 7.41. The highest BCUT2D eigenvalue weighted by molar-refractivity contribution is 5.66. The van der Waals surface area contributed by atoms with Gasteiger partial charge in [0.2, 0.25) is 0 Å². The molecular formula is C11H12F2O3. The summed E-state index contributed by atoms with van der Waals surface area (Å²) in [6, 6.07) is 1.88. The number of carboxylic acid groups (broad SMARTS) is 1. The Balaban J connectivity index is 2.86. The van der Waals surface area contributed by atoms with Gasteiger partial charge < -0.3 is 10.2 Å². The molecule has 1 rings (SSSR count). The number of hydrogen-bond acceptors (Lipinski definition) is 2. The van der Waals surface area contributed by atoms with Crippen LogP contribution in [0.4, 0.5) is 8.78 Å². The second-order valence-electron chi connectivity index (χ2n) is 3.57. The summed E-state index contributed by atoms with van der Waals surface area (Å²) in [6.45, 7) is 1.41. The van der Waals surface area contributed by atoms with E-state index in [0.29, 0.717) is 0 Å². The fourth-order valence-corrected chi connectivity index (χ4v) is 1.33. The van der Waals surface area contributed by atoms with E-state index in [1.807, 2.05) is 0 Å². The molecule has 0 fully saturated rings. The Morgan fingerprint density at radius 3 is 2.56 bits per heavy atom. The number of hydrogen-bond donors (Lipinski definition) is 2. The van der Waals surface area contributed by atoms with Crippen molar-refractivity contribution in [2.45, 2.75) is 25.9 Å². The third-order valence-corrected chi connectivity index (χ3v) is 2.27. The monoisotopic (exact) mass is 230 g/mol. The molecule has 0 radical (unpaired) electrons. The van der Waals surface area contributed by atoms with Gasteiger partial charge in [-0.2, -0.15) is 0 Å². The van der Waals surface area contributed by atoms with Gasteiger partial charge in [0.15, 0.2) is 0 Å². The van der Waals surface area contributed by atoms with Gasteiger partial charge in [-0.25, -0.2) is 8.78 Å². The van der Waals surface area contributed by atoms with Crippen molar-refractivity contribution in [1.82, 2.24) is 0 Å². The molecular weight excluding hydrogens is 218 g/mol. The summed E-state index contributed by atoms with van der Waals surface area (Å²) in [5, 5.41) is 17.9. The van der Waals surface area contributed by atoms with Gasteiger partial charge in [0, 0.05) is 12.0 Å². The fraction of sp³-hybridized carbons (Fsp3) is 0.364. The van der Waals surface area contributed by atoms with Crippen LogP contribution in [0.25, 0.3) is 0 Å². The number of aliphatic hydroxyl groups is 1. The Morgan fingerprint density at radius 2 is 2.00 bits per heavy atom. The van der Waals surface area contributed by atoms with E-state index in [9.17, 15) is 18.7 Å². The normalized spacial score (nSPS) is 12.5. The average molecular weight is 230 g/mol. The SMILES string of the molecule is Cc1cc(F)c(C(O)CCC(=O)O)cc1F. The topological polar surface area (TPSA) is 57.5 Å². The van der Waals surface area contributed by atoms with E-state index in [4.69, 9.17) is 5.11 Å². The zero-order valence-corrected chi connectivity index (χ0v) is 8.70. The van der Waals surface area contributed by atoms with E-state index >= 15 is 0 Å². The Labute approximate surface area is 91.3 Å². The van der Waals surface area contributed by atoms with E-state index in [0.717, 1.165) is 12.1 Å². The Bertz CT molecular complexity index is 404. The minimum atomic E-state index is -1.30. The molecule has 1 unspecified atom stereocenters. The molecule has 0 spiro atoms. The van der Waals surface area contributed by atoms with Crippen LogP contribution in [0, 0.1) is 18.6 Å². The Hall–Kier alpha value is -1.49. The molecule has 0 aliphatic heterocycles. The van der Waals surface area contributed by atoms with Crippen LogP contribution in [0.3, 0.4) is 0 Å². The maximum Gasteiger partial charge on any atom is 0.303 e. The number of aryl methyl sites for hydroxylation is 1. The number of halogens is 2. The van der Waals surface area contributed by atoms with E-state index in [1.165, 1.54) is 6.92 Å². The molecule has 0 bridgehead atoms. The first-order valence-corrected chi connectivity index (χ1v) is 4.77. The van der Waals surface area contributed by atoms with Crippen molar-refractivity contribution in [3.05, 3.63) is 34.9 Å². The van der Waals surface area contributed by atoms with Crippen molar-refractivity contribution in [3.8, 4) is 0 Å². The van der Waals surface area contributed by atoms with Gasteiger partial charge in [-0.05, 0) is 31.0 Å². The first kappa shape index (κ1) is 12.6. The van der Waals surface area contributed by atoms with E-state index in [2.05, 4.69) is 0 Å². The van der Waals surface area contributed by atoms with Gasteiger partial charge in [-0.15, -0.1) is 0 Å². The van der Waals surface area contributed by atoms with Gasteiger partial charge in [-0.1, -0.05) is 0 Å². The number of rotatable bonds is 4. The lowest BCUT2D eigenvalue weighted by atomic mass is 10.0. The standard InChI is InChI=1S/C11H12F2O3/c1-6-4-9(13)7(5-8(6)12)10(14)2-3-11(15)16/h4-5,10,14H,2-3H2,1H3,(H,15,16). The van der Waals surface area contributed by atoms with Crippen LogP contribution in [0.15, 0.2) is 12.1 Å². The summed E-state index contributed by atoms with van der Waals surface area (Å²) >= 11 is 0. The summed E-state index contributed by atoms with van der Waals surface area (Å²) in [6.07, 6.45) is -1.74. The highest BCUT2D eigenvalue weighted by Gasteiger charge is 2.16. The van der Waals surface area contributed by atoms with Crippen molar-refractivity contribution < 1.29 is 23.8 Å². The predicted octanol–water partition coefficient (Wildman–Crippen LogP) is 2.17. The third kappa shape index (κ3) is 3.00. The molecule has 0 amide bonds. The molecule has 1 aromatic rings. The lowest BCUT2D eigenvalue weighted by Crippen LogP contribution is -2.05. The molecule has 2 N–H and O–H groups in total. The minimum Gasteiger partial charge on any atom is -0.481 e. The second kappa shape index (κ2) is 5.03. The predicted molar refractivity (Wildman–Crippen MR) is 52.9 cm³/mol. The number of benzene rings is 1. The number of aliphatic hydroxyl groups excluding tert-OH is 1. The summed E-state index contributed by atoms with van der Waals surface area (Å²) in [4.78, 5) is 10.3. The summed E-state index contributed by atoms with van der Waals surface area (Å²) in [5.74, 6) is -2.44. The number of carboxylic acids is 1. The molecule has 0 saturated heterocycles. The maximum absolute atomic E-state index is 13.3. The molecule has 88 valence electrons. The van der Waals surface area contributed by atoms with Crippen LogP contribution in [0.1, 0.15) is 30.1 Å². The van der Waals surface area contributed by atoms with Crippen molar-refractivity contribution in [2.75, 3.05) is 0 Å². The van der Waals surface area contributed by atoms with Crippen LogP contribution < -0.4 is 0 Å². The summed E-state index contributed by atoms with van der Waals surface area (Å²) < 4.78 is 26.5. The van der Waals surface area contributed by atoms with Gasteiger partial charge in [0.05, 0.1) is 6.10 Å². The Kier molecular flexibility index (Phi) is 3.95. The van der Waals surface area contributed by atoms with Crippen molar-refractivity contribution in [1.29, 1.82) is 0 Å². The van der Waals surface area contributed by atoms with Crippen LogP contribution in [-0.4, -0.2) is 16.2 Å². The van der Waals surface area contributed by atoms with Crippen molar-refractivity contribution in [2.24, 2.45) is 0 Å². The van der Waals surface area contributed by atoms with Crippen LogP contribution in [0.5, 0.6) is 0 Å². The first-order valence-electron chi connectivity index (χ1n) is 4.77. The smallest absolute Gasteiger partial charge is 0.303 e. The van der Waals surface area contributed by atoms with Gasteiger partial charge in [-0.3, -0.25) is 4.79 Å². The van der Waals surface area contributed by atoms with Gasteiger partial charge >= 0.3 is 5.97 Å². The van der Waals surface area contributed by atoms with Gasteiger partial charge in [0.1, 0.15) is 11.6 Å². The Morgan fingerprint density at radius 1 is 1.38 bits per heavy atom. The summed E-state index contributed by atoms with van der Waals surface area (Å²) in [7, 11) is 0. The zero-order valence-electron chi connectivity index (χ0n) is 8.70. The second-order valence-corrected chi connectivity index (χ2v) is 3.57. The largest absolute Gasteiger partial charge is 0.481 e. The quantitative estimate of drug-likeness (QED) is 0.833. The van der Waals surface area contributed by atoms with Crippen LogP contribution >= 0.6 is 0 Å². The zero-order chi connectivity index (χ0) is 12.3. The molecule has 5 heteroatoms.